The van der Waals surface area contributed by atoms with Gasteiger partial charge in [0, 0.05) is 10.6 Å². The molecule has 0 bridgehead atoms. The molecule has 7 heteroatoms. The lowest BCUT2D eigenvalue weighted by Crippen LogP contribution is -2.21. The van der Waals surface area contributed by atoms with Crippen LogP contribution < -0.4 is 5.56 Å². The summed E-state index contributed by atoms with van der Waals surface area (Å²) in [6, 6.07) is 15.3. The van der Waals surface area contributed by atoms with Crippen LogP contribution in [0, 0.1) is 6.92 Å². The van der Waals surface area contributed by atoms with Crippen molar-refractivity contribution in [3.8, 4) is 5.69 Å². The molecule has 0 amide bonds. The largest absolute Gasteiger partial charge is 0.268 e. The summed E-state index contributed by atoms with van der Waals surface area (Å²) in [7, 11) is 0. The minimum atomic E-state index is -0.0149. The zero-order chi connectivity index (χ0) is 21.3. The molecule has 0 saturated carbocycles. The second-order valence-electron chi connectivity index (χ2n) is 6.99. The number of rotatable bonds is 6. The van der Waals surface area contributed by atoms with Crippen LogP contribution in [0.2, 0.25) is 10.0 Å². The van der Waals surface area contributed by atoms with Crippen molar-refractivity contribution in [2.45, 2.75) is 37.6 Å². The van der Waals surface area contributed by atoms with E-state index in [4.69, 9.17) is 28.2 Å². The van der Waals surface area contributed by atoms with Gasteiger partial charge in [-0.15, -0.1) is 11.3 Å². The Bertz CT molecular complexity index is 1270. The van der Waals surface area contributed by atoms with Gasteiger partial charge in [0.05, 0.1) is 21.1 Å². The third kappa shape index (κ3) is 4.17. The van der Waals surface area contributed by atoms with Gasteiger partial charge in [-0.25, -0.2) is 4.98 Å². The summed E-state index contributed by atoms with van der Waals surface area (Å²) in [5, 5.41) is 2.46. The number of aromatic nitrogens is 2. The van der Waals surface area contributed by atoms with Gasteiger partial charge in [0.15, 0.2) is 5.16 Å². The lowest BCUT2D eigenvalue weighted by molar-refractivity contribution is 0.821. The lowest BCUT2D eigenvalue weighted by atomic mass is 10.1. The van der Waals surface area contributed by atoms with Crippen LogP contribution >= 0.6 is 46.3 Å². The Morgan fingerprint density at radius 1 is 1.10 bits per heavy atom. The van der Waals surface area contributed by atoms with E-state index in [-0.39, 0.29) is 5.56 Å². The molecule has 2 aromatic heterocycles. The molecule has 0 N–H and O–H groups in total. The van der Waals surface area contributed by atoms with E-state index in [0.717, 1.165) is 39.9 Å². The number of para-hydroxylation sites is 1. The fraction of sp³-hybridized carbons (Fsp3) is 0.217. The second-order valence-corrected chi connectivity index (χ2v) is 9.83. The van der Waals surface area contributed by atoms with Crippen LogP contribution in [-0.4, -0.2) is 9.55 Å². The van der Waals surface area contributed by atoms with Crippen molar-refractivity contribution in [3.63, 3.8) is 0 Å². The van der Waals surface area contributed by atoms with Crippen molar-refractivity contribution in [1.82, 2.24) is 9.55 Å². The van der Waals surface area contributed by atoms with Gasteiger partial charge in [-0.05, 0) is 48.7 Å². The van der Waals surface area contributed by atoms with Gasteiger partial charge in [0.25, 0.3) is 5.56 Å². The summed E-state index contributed by atoms with van der Waals surface area (Å²) in [5.74, 6) is 0.633. The van der Waals surface area contributed by atoms with E-state index in [9.17, 15) is 4.79 Å². The predicted octanol–water partition coefficient (Wildman–Crippen LogP) is 7.31. The van der Waals surface area contributed by atoms with Crippen molar-refractivity contribution in [2.75, 3.05) is 0 Å². The fourth-order valence-corrected chi connectivity index (χ4v) is 5.95. The Morgan fingerprint density at radius 2 is 1.87 bits per heavy atom. The smallest absolute Gasteiger partial charge is 0.267 e. The summed E-state index contributed by atoms with van der Waals surface area (Å²) < 4.78 is 1.72. The highest BCUT2D eigenvalue weighted by Gasteiger charge is 2.19. The first-order chi connectivity index (χ1) is 14.5. The Kier molecular flexibility index (Phi) is 6.54. The summed E-state index contributed by atoms with van der Waals surface area (Å²) in [6.45, 7) is 4.18. The number of thioether (sulfide) groups is 1. The highest BCUT2D eigenvalue weighted by atomic mass is 35.5. The lowest BCUT2D eigenvalue weighted by Gasteiger charge is -2.12. The first-order valence-electron chi connectivity index (χ1n) is 9.66. The third-order valence-electron chi connectivity index (χ3n) is 4.88. The van der Waals surface area contributed by atoms with E-state index < -0.39 is 0 Å². The van der Waals surface area contributed by atoms with E-state index in [1.807, 2.05) is 49.4 Å². The molecule has 0 aliphatic heterocycles. The Morgan fingerprint density at radius 3 is 2.57 bits per heavy atom. The quantitative estimate of drug-likeness (QED) is 0.217. The van der Waals surface area contributed by atoms with Gasteiger partial charge in [-0.2, -0.15) is 0 Å². The predicted molar refractivity (Wildman–Crippen MR) is 130 cm³/mol. The van der Waals surface area contributed by atoms with Gasteiger partial charge in [-0.3, -0.25) is 9.36 Å². The molecular weight excluding hydrogens is 455 g/mol. The van der Waals surface area contributed by atoms with Crippen molar-refractivity contribution in [1.29, 1.82) is 0 Å². The van der Waals surface area contributed by atoms with Crippen LogP contribution in [-0.2, 0) is 12.2 Å². The average Bonchev–Trinajstić information content (AvgIpc) is 3.05. The normalized spacial score (nSPS) is 11.3. The monoisotopic (exact) mass is 474 g/mol. The van der Waals surface area contributed by atoms with Crippen LogP contribution in [0.15, 0.2) is 58.5 Å². The number of thiophene rings is 1. The van der Waals surface area contributed by atoms with Gasteiger partial charge in [-0.1, -0.05) is 72.6 Å². The summed E-state index contributed by atoms with van der Waals surface area (Å²) in [5.41, 5.74) is 2.88. The molecule has 0 aliphatic carbocycles. The first-order valence-corrected chi connectivity index (χ1v) is 12.2. The molecule has 0 unspecified atom stereocenters. The maximum atomic E-state index is 13.6. The maximum Gasteiger partial charge on any atom is 0.267 e. The van der Waals surface area contributed by atoms with Gasteiger partial charge in [0.2, 0.25) is 0 Å². The average molecular weight is 475 g/mol. The molecule has 154 valence electrons. The Labute approximate surface area is 193 Å². The van der Waals surface area contributed by atoms with Gasteiger partial charge >= 0.3 is 0 Å². The van der Waals surface area contributed by atoms with Crippen LogP contribution in [0.1, 0.15) is 29.3 Å². The van der Waals surface area contributed by atoms with Crippen molar-refractivity contribution >= 4 is 56.5 Å². The molecule has 0 fully saturated rings. The maximum absolute atomic E-state index is 13.6. The Balaban J connectivity index is 1.84. The minimum absolute atomic E-state index is 0.0149. The number of halogens is 2. The molecule has 2 heterocycles. The van der Waals surface area contributed by atoms with Gasteiger partial charge < -0.3 is 0 Å². The fourth-order valence-electron chi connectivity index (χ4n) is 3.35. The number of nitrogens with zero attached hydrogens (tertiary/aromatic N) is 2. The summed E-state index contributed by atoms with van der Waals surface area (Å²) >= 11 is 15.4. The van der Waals surface area contributed by atoms with Crippen molar-refractivity contribution < 1.29 is 0 Å². The molecule has 0 aliphatic rings. The first kappa shape index (κ1) is 21.4. The molecule has 4 aromatic rings. The van der Waals surface area contributed by atoms with E-state index in [0.29, 0.717) is 21.0 Å². The van der Waals surface area contributed by atoms with Crippen molar-refractivity contribution in [2.24, 2.45) is 0 Å². The SMILES string of the molecule is CCCc1sc2nc(SCc3ccc(Cl)c(Cl)c3)n(-c3ccccc3)c(=O)c2c1C. The standard InChI is InChI=1S/C23H20Cl2N2OS2/c1-3-7-19-14(2)20-21(30-19)26-23(27(22(20)28)16-8-5-4-6-9-16)29-13-15-10-11-17(24)18(25)12-15/h4-6,8-12H,3,7,13H2,1-2H3. The summed E-state index contributed by atoms with van der Waals surface area (Å²) in [4.78, 5) is 20.5. The van der Waals surface area contributed by atoms with Crippen LogP contribution in [0.25, 0.3) is 15.9 Å². The second kappa shape index (κ2) is 9.15. The van der Waals surface area contributed by atoms with E-state index >= 15 is 0 Å². The van der Waals surface area contributed by atoms with Crippen LogP contribution in [0.5, 0.6) is 0 Å². The van der Waals surface area contributed by atoms with Gasteiger partial charge in [0.1, 0.15) is 4.83 Å². The minimum Gasteiger partial charge on any atom is -0.268 e. The number of benzene rings is 2. The van der Waals surface area contributed by atoms with Crippen LogP contribution in [0.3, 0.4) is 0 Å². The molecule has 0 atom stereocenters. The topological polar surface area (TPSA) is 34.9 Å². The van der Waals surface area contributed by atoms with E-state index in [1.54, 1.807) is 22.0 Å². The molecule has 4 rings (SSSR count). The number of hydrogen-bond acceptors (Lipinski definition) is 4. The number of aryl methyl sites for hydroxylation is 2. The highest BCUT2D eigenvalue weighted by Crippen LogP contribution is 2.32. The number of fused-ring (bicyclic) bond motifs is 1. The van der Waals surface area contributed by atoms with E-state index in [1.165, 1.54) is 16.6 Å². The van der Waals surface area contributed by atoms with E-state index in [2.05, 4.69) is 6.92 Å². The zero-order valence-corrected chi connectivity index (χ0v) is 19.8. The molecular formula is C23H20Cl2N2OS2. The molecule has 0 saturated heterocycles. The highest BCUT2D eigenvalue weighted by molar-refractivity contribution is 7.98. The number of hydrogen-bond donors (Lipinski definition) is 0. The molecule has 0 spiro atoms. The zero-order valence-electron chi connectivity index (χ0n) is 16.6. The molecule has 2 aromatic carbocycles. The third-order valence-corrected chi connectivity index (χ3v) is 7.87. The van der Waals surface area contributed by atoms with Crippen LogP contribution in [0.4, 0.5) is 0 Å². The van der Waals surface area contributed by atoms with Crippen molar-refractivity contribution in [3.05, 3.63) is 84.9 Å². The Hall–Kier alpha value is -1.79. The summed E-state index contributed by atoms with van der Waals surface area (Å²) in [6.07, 6.45) is 2.00. The molecule has 0 radical (unpaired) electrons. The molecule has 30 heavy (non-hydrogen) atoms. The molecule has 3 nitrogen and oxygen atoms in total.